The molecule has 0 radical (unpaired) electrons. The minimum atomic E-state index is -0.450. The lowest BCUT2D eigenvalue weighted by molar-refractivity contribution is 0.105. The quantitative estimate of drug-likeness (QED) is 0.346. The Balaban J connectivity index is 2.04. The summed E-state index contributed by atoms with van der Waals surface area (Å²) in [6.07, 6.45) is 3.15. The van der Waals surface area contributed by atoms with Crippen LogP contribution in [0.25, 0.3) is 11.0 Å². The van der Waals surface area contributed by atoms with Crippen molar-refractivity contribution in [1.29, 1.82) is 0 Å². The third-order valence-corrected chi connectivity index (χ3v) is 3.18. The van der Waals surface area contributed by atoms with Gasteiger partial charge in [0.15, 0.2) is 5.71 Å². The highest BCUT2D eigenvalue weighted by atomic mass is 16.4. The molecule has 0 fully saturated rings. The Hall–Kier alpha value is -3.15. The van der Waals surface area contributed by atoms with Gasteiger partial charge in [-0.25, -0.2) is 4.98 Å². The van der Waals surface area contributed by atoms with E-state index < -0.39 is 5.78 Å². The third-order valence-electron chi connectivity index (χ3n) is 3.18. The van der Waals surface area contributed by atoms with Gasteiger partial charge in [0, 0.05) is 23.7 Å². The molecule has 1 aromatic carbocycles. The van der Waals surface area contributed by atoms with Crippen molar-refractivity contribution in [3.63, 3.8) is 0 Å². The number of pyridine rings is 1. The first-order valence-electron chi connectivity index (χ1n) is 6.60. The summed E-state index contributed by atoms with van der Waals surface area (Å²) in [5.41, 5.74) is 2.64. The van der Waals surface area contributed by atoms with Gasteiger partial charge < -0.3 is 5.21 Å². The van der Waals surface area contributed by atoms with Gasteiger partial charge in [0.1, 0.15) is 5.69 Å². The minimum Gasteiger partial charge on any atom is -0.410 e. The molecule has 6 heteroatoms. The Kier molecular flexibility index (Phi) is 3.57. The summed E-state index contributed by atoms with van der Waals surface area (Å²) in [6, 6.07) is 10.2. The number of oxime groups is 1. The molecule has 0 amide bonds. The van der Waals surface area contributed by atoms with Gasteiger partial charge in [-0.05, 0) is 31.2 Å². The van der Waals surface area contributed by atoms with E-state index in [1.807, 2.05) is 0 Å². The van der Waals surface area contributed by atoms with E-state index in [1.54, 1.807) is 55.7 Å². The molecule has 1 N–H and O–H groups in total. The Morgan fingerprint density at radius 2 is 1.86 bits per heavy atom. The molecule has 0 unspecified atom stereocenters. The molecule has 0 aliphatic rings. The molecular weight excluding hydrogens is 280 g/mol. The SMILES string of the molecule is Cc1cccc(C(=O)C(=NO)c2ccc3nccnc3c2)n1. The molecule has 0 bridgehead atoms. The second-order valence-electron chi connectivity index (χ2n) is 4.70. The number of nitrogens with zero attached hydrogens (tertiary/aromatic N) is 4. The Morgan fingerprint density at radius 1 is 1.09 bits per heavy atom. The molecule has 0 spiro atoms. The average Bonchev–Trinajstić information content (AvgIpc) is 2.55. The number of aryl methyl sites for hydroxylation is 1. The Bertz CT molecular complexity index is 890. The number of carbonyl (C=O) groups excluding carboxylic acids is 1. The van der Waals surface area contributed by atoms with Crippen LogP contribution in [0.15, 0.2) is 53.9 Å². The van der Waals surface area contributed by atoms with Gasteiger partial charge in [0.25, 0.3) is 0 Å². The van der Waals surface area contributed by atoms with E-state index in [0.29, 0.717) is 22.3 Å². The normalized spacial score (nSPS) is 11.6. The molecule has 2 aromatic heterocycles. The van der Waals surface area contributed by atoms with E-state index in [4.69, 9.17) is 0 Å². The van der Waals surface area contributed by atoms with Crippen LogP contribution >= 0.6 is 0 Å². The summed E-state index contributed by atoms with van der Waals surface area (Å²) in [6.45, 7) is 1.79. The standard InChI is InChI=1S/C16H12N4O2/c1-10-3-2-4-13(19-10)16(21)15(20-22)11-5-6-12-14(9-11)18-8-7-17-12/h2-9,22H,1H3. The number of hydrogen-bond donors (Lipinski definition) is 1. The van der Waals surface area contributed by atoms with Gasteiger partial charge in [-0.3, -0.25) is 14.8 Å². The molecule has 0 atom stereocenters. The lowest BCUT2D eigenvalue weighted by Crippen LogP contribution is -2.17. The van der Waals surface area contributed by atoms with Crippen LogP contribution in [0, 0.1) is 6.92 Å². The first kappa shape index (κ1) is 13.8. The molecule has 3 aromatic rings. The van der Waals surface area contributed by atoms with Crippen molar-refractivity contribution in [2.24, 2.45) is 5.16 Å². The molecule has 6 nitrogen and oxygen atoms in total. The molecule has 108 valence electrons. The van der Waals surface area contributed by atoms with Crippen LogP contribution < -0.4 is 0 Å². The number of hydrogen-bond acceptors (Lipinski definition) is 6. The van der Waals surface area contributed by atoms with Crippen molar-refractivity contribution >= 4 is 22.5 Å². The fourth-order valence-corrected chi connectivity index (χ4v) is 2.14. The van der Waals surface area contributed by atoms with Crippen molar-refractivity contribution in [3.05, 3.63) is 65.7 Å². The molecule has 0 saturated carbocycles. The summed E-state index contributed by atoms with van der Waals surface area (Å²) in [7, 11) is 0. The van der Waals surface area contributed by atoms with E-state index >= 15 is 0 Å². The number of Topliss-reactive ketones (excluding diaryl/α,β-unsaturated/α-hetero) is 1. The van der Waals surface area contributed by atoms with E-state index in [9.17, 15) is 10.0 Å². The highest BCUT2D eigenvalue weighted by Crippen LogP contribution is 2.14. The Morgan fingerprint density at radius 3 is 2.59 bits per heavy atom. The fourth-order valence-electron chi connectivity index (χ4n) is 2.14. The molecule has 0 aliphatic heterocycles. The first-order chi connectivity index (χ1) is 10.7. The first-order valence-corrected chi connectivity index (χ1v) is 6.60. The van der Waals surface area contributed by atoms with Gasteiger partial charge in [0.2, 0.25) is 5.78 Å². The highest BCUT2D eigenvalue weighted by molar-refractivity contribution is 6.51. The summed E-state index contributed by atoms with van der Waals surface area (Å²) in [4.78, 5) is 25.0. The Labute approximate surface area is 126 Å². The zero-order chi connectivity index (χ0) is 15.5. The van der Waals surface area contributed by atoms with Crippen LogP contribution in [0.3, 0.4) is 0 Å². The number of carbonyl (C=O) groups is 1. The van der Waals surface area contributed by atoms with Gasteiger partial charge in [-0.1, -0.05) is 17.3 Å². The maximum absolute atomic E-state index is 12.5. The van der Waals surface area contributed by atoms with Gasteiger partial charge in [-0.2, -0.15) is 0 Å². The summed E-state index contributed by atoms with van der Waals surface area (Å²) in [5, 5.41) is 12.4. The van der Waals surface area contributed by atoms with Crippen LogP contribution in [0.5, 0.6) is 0 Å². The number of benzene rings is 1. The summed E-state index contributed by atoms with van der Waals surface area (Å²) in [5.74, 6) is -0.450. The molecule has 0 saturated heterocycles. The van der Waals surface area contributed by atoms with Crippen molar-refractivity contribution in [2.75, 3.05) is 0 Å². The lowest BCUT2D eigenvalue weighted by atomic mass is 10.0. The number of rotatable bonds is 3. The second kappa shape index (κ2) is 5.69. The van der Waals surface area contributed by atoms with Crippen LogP contribution in [0.2, 0.25) is 0 Å². The maximum atomic E-state index is 12.5. The van der Waals surface area contributed by atoms with Crippen LogP contribution in [-0.4, -0.2) is 31.7 Å². The van der Waals surface area contributed by atoms with Gasteiger partial charge in [0.05, 0.1) is 11.0 Å². The van der Waals surface area contributed by atoms with E-state index in [-0.39, 0.29) is 11.4 Å². The average molecular weight is 292 g/mol. The maximum Gasteiger partial charge on any atom is 0.233 e. The van der Waals surface area contributed by atoms with Crippen molar-refractivity contribution < 1.29 is 10.0 Å². The monoisotopic (exact) mass is 292 g/mol. The van der Waals surface area contributed by atoms with Gasteiger partial charge >= 0.3 is 0 Å². The highest BCUT2D eigenvalue weighted by Gasteiger charge is 2.19. The molecule has 3 rings (SSSR count). The zero-order valence-electron chi connectivity index (χ0n) is 11.8. The summed E-state index contributed by atoms with van der Waals surface area (Å²) < 4.78 is 0. The number of fused-ring (bicyclic) bond motifs is 1. The van der Waals surface area contributed by atoms with E-state index in [1.165, 1.54) is 0 Å². The van der Waals surface area contributed by atoms with Crippen molar-refractivity contribution in [1.82, 2.24) is 15.0 Å². The van der Waals surface area contributed by atoms with E-state index in [0.717, 1.165) is 0 Å². The van der Waals surface area contributed by atoms with Crippen molar-refractivity contribution in [2.45, 2.75) is 6.92 Å². The topological polar surface area (TPSA) is 88.3 Å². The van der Waals surface area contributed by atoms with Crippen molar-refractivity contribution in [3.8, 4) is 0 Å². The molecule has 0 aliphatic carbocycles. The smallest absolute Gasteiger partial charge is 0.233 e. The number of ketones is 1. The van der Waals surface area contributed by atoms with Gasteiger partial charge in [-0.15, -0.1) is 0 Å². The minimum absolute atomic E-state index is 0.0781. The predicted octanol–water partition coefficient (Wildman–Crippen LogP) is 2.39. The number of aromatic nitrogens is 3. The molecule has 22 heavy (non-hydrogen) atoms. The van der Waals surface area contributed by atoms with Crippen LogP contribution in [0.4, 0.5) is 0 Å². The molecular formula is C16H12N4O2. The van der Waals surface area contributed by atoms with Crippen LogP contribution in [0.1, 0.15) is 21.7 Å². The second-order valence-corrected chi connectivity index (χ2v) is 4.70. The molecule has 2 heterocycles. The summed E-state index contributed by atoms with van der Waals surface area (Å²) >= 11 is 0. The zero-order valence-corrected chi connectivity index (χ0v) is 11.8. The fraction of sp³-hybridized carbons (Fsp3) is 0.0625. The van der Waals surface area contributed by atoms with E-state index in [2.05, 4.69) is 20.1 Å². The lowest BCUT2D eigenvalue weighted by Gasteiger charge is -2.05. The largest absolute Gasteiger partial charge is 0.410 e. The van der Waals surface area contributed by atoms with Crippen LogP contribution in [-0.2, 0) is 0 Å². The predicted molar refractivity (Wildman–Crippen MR) is 81.2 cm³/mol. The third kappa shape index (κ3) is 2.54.